The van der Waals surface area contributed by atoms with Crippen LogP contribution in [0.1, 0.15) is 55.5 Å². The predicted octanol–water partition coefficient (Wildman–Crippen LogP) is 3.96. The molecule has 0 bridgehead atoms. The Hall–Kier alpha value is -0.380. The third kappa shape index (κ3) is 2.81. The Balaban J connectivity index is 1.77. The first-order valence-electron chi connectivity index (χ1n) is 8.20. The largest absolute Gasteiger partial charge is 0.326 e. The van der Waals surface area contributed by atoms with Gasteiger partial charge in [-0.25, -0.2) is 0 Å². The van der Waals surface area contributed by atoms with E-state index in [0.29, 0.717) is 6.04 Å². The molecular weight excluding hydrogens is 264 g/mol. The molecule has 112 valence electrons. The summed E-state index contributed by atoms with van der Waals surface area (Å²) in [6, 6.07) is 2.88. The number of thiophene rings is 1. The second-order valence-electron chi connectivity index (χ2n) is 6.86. The second-order valence-corrected chi connectivity index (χ2v) is 7.81. The van der Waals surface area contributed by atoms with Crippen molar-refractivity contribution in [1.82, 2.24) is 4.90 Å². The van der Waals surface area contributed by atoms with Gasteiger partial charge in [-0.05, 0) is 62.1 Å². The number of likely N-dealkylation sites (tertiary alicyclic amines) is 1. The topological polar surface area (TPSA) is 29.3 Å². The number of fused-ring (bicyclic) bond motifs is 1. The molecule has 3 rings (SSSR count). The summed E-state index contributed by atoms with van der Waals surface area (Å²) in [5.74, 6) is 1.93. The maximum atomic E-state index is 6.36. The van der Waals surface area contributed by atoms with E-state index in [9.17, 15) is 0 Å². The first-order valence-corrected chi connectivity index (χ1v) is 9.08. The molecule has 1 aliphatic heterocycles. The van der Waals surface area contributed by atoms with Crippen molar-refractivity contribution < 1.29 is 0 Å². The van der Waals surface area contributed by atoms with Crippen LogP contribution < -0.4 is 5.73 Å². The summed E-state index contributed by atoms with van der Waals surface area (Å²) in [5, 5.41) is 2.22. The Labute approximate surface area is 127 Å². The van der Waals surface area contributed by atoms with E-state index in [1.807, 2.05) is 11.3 Å². The molecule has 1 aliphatic carbocycles. The highest BCUT2D eigenvalue weighted by molar-refractivity contribution is 7.10. The summed E-state index contributed by atoms with van der Waals surface area (Å²) in [7, 11) is 0. The van der Waals surface area contributed by atoms with E-state index in [2.05, 4.69) is 30.2 Å². The van der Waals surface area contributed by atoms with Crippen molar-refractivity contribution >= 4 is 11.3 Å². The van der Waals surface area contributed by atoms with Crippen LogP contribution in [0, 0.1) is 18.8 Å². The molecule has 2 nitrogen and oxygen atoms in total. The third-order valence-corrected chi connectivity index (χ3v) is 6.47. The monoisotopic (exact) mass is 292 g/mol. The molecule has 2 aliphatic rings. The van der Waals surface area contributed by atoms with Crippen molar-refractivity contribution in [2.45, 2.75) is 58.0 Å². The predicted molar refractivity (Wildman–Crippen MR) is 87.1 cm³/mol. The van der Waals surface area contributed by atoms with Gasteiger partial charge in [0.2, 0.25) is 0 Å². The van der Waals surface area contributed by atoms with Gasteiger partial charge in [-0.15, -0.1) is 11.3 Å². The van der Waals surface area contributed by atoms with E-state index in [-0.39, 0.29) is 6.04 Å². The molecule has 0 radical (unpaired) electrons. The van der Waals surface area contributed by atoms with Crippen molar-refractivity contribution in [2.24, 2.45) is 17.6 Å². The van der Waals surface area contributed by atoms with Gasteiger partial charge in [-0.3, -0.25) is 4.90 Å². The normalized spacial score (nSPS) is 30.8. The van der Waals surface area contributed by atoms with Gasteiger partial charge in [-0.1, -0.05) is 19.3 Å². The third-order valence-electron chi connectivity index (χ3n) is 5.38. The highest BCUT2D eigenvalue weighted by atomic mass is 32.1. The number of rotatable bonds is 3. The zero-order valence-electron chi connectivity index (χ0n) is 12.8. The van der Waals surface area contributed by atoms with Gasteiger partial charge in [0.15, 0.2) is 0 Å². The van der Waals surface area contributed by atoms with Crippen LogP contribution in [0.25, 0.3) is 0 Å². The smallest absolute Gasteiger partial charge is 0.0593 e. The summed E-state index contributed by atoms with van der Waals surface area (Å²) in [5.41, 5.74) is 7.78. The van der Waals surface area contributed by atoms with E-state index in [0.717, 1.165) is 11.8 Å². The van der Waals surface area contributed by atoms with Gasteiger partial charge >= 0.3 is 0 Å². The van der Waals surface area contributed by atoms with Gasteiger partial charge in [0.05, 0.1) is 6.04 Å². The van der Waals surface area contributed by atoms with Gasteiger partial charge in [0, 0.05) is 17.5 Å². The molecule has 3 heteroatoms. The van der Waals surface area contributed by atoms with Crippen molar-refractivity contribution in [2.75, 3.05) is 13.1 Å². The molecule has 1 aromatic rings. The molecule has 1 saturated heterocycles. The molecule has 0 amide bonds. The fourth-order valence-electron chi connectivity index (χ4n) is 4.31. The summed E-state index contributed by atoms with van der Waals surface area (Å²) in [4.78, 5) is 4.19. The maximum Gasteiger partial charge on any atom is 0.0593 e. The number of nitrogens with zero attached hydrogens (tertiary/aromatic N) is 1. The standard InChI is InChI=1S/C17H28N2S/c1-12-8-10-20-17(12)16(13(2)18)19-9-7-14-5-3-4-6-15(14)11-19/h8,10,13-16H,3-7,9,11,18H2,1-2H3. The molecule has 2 heterocycles. The van der Waals surface area contributed by atoms with Crippen LogP contribution in [0.15, 0.2) is 11.4 Å². The first-order chi connectivity index (χ1) is 9.66. The van der Waals surface area contributed by atoms with Crippen LogP contribution in [-0.4, -0.2) is 24.0 Å². The Morgan fingerprint density at radius 3 is 2.65 bits per heavy atom. The van der Waals surface area contributed by atoms with Crippen LogP contribution in [0.4, 0.5) is 0 Å². The van der Waals surface area contributed by atoms with Crippen LogP contribution in [0.2, 0.25) is 0 Å². The van der Waals surface area contributed by atoms with Crippen LogP contribution in [0.5, 0.6) is 0 Å². The highest BCUT2D eigenvalue weighted by Crippen LogP contribution is 2.40. The van der Waals surface area contributed by atoms with Crippen molar-refractivity contribution in [1.29, 1.82) is 0 Å². The highest BCUT2D eigenvalue weighted by Gasteiger charge is 2.36. The molecule has 4 atom stereocenters. The Bertz CT molecular complexity index is 440. The lowest BCUT2D eigenvalue weighted by Gasteiger charge is -2.45. The van der Waals surface area contributed by atoms with E-state index in [4.69, 9.17) is 5.73 Å². The minimum absolute atomic E-state index is 0.215. The fourth-order valence-corrected chi connectivity index (χ4v) is 5.48. The molecule has 4 unspecified atom stereocenters. The number of aryl methyl sites for hydroxylation is 1. The summed E-state index contributed by atoms with van der Waals surface area (Å²) in [6.45, 7) is 6.92. The summed E-state index contributed by atoms with van der Waals surface area (Å²) < 4.78 is 0. The number of nitrogens with two attached hydrogens (primary N) is 1. The number of piperidine rings is 1. The molecule has 1 aromatic heterocycles. The SMILES string of the molecule is Cc1ccsc1C(C(C)N)N1CCC2CCCCC2C1. The molecule has 0 aromatic carbocycles. The van der Waals surface area contributed by atoms with Crippen LogP contribution >= 0.6 is 11.3 Å². The minimum Gasteiger partial charge on any atom is -0.326 e. The lowest BCUT2D eigenvalue weighted by atomic mass is 9.74. The minimum atomic E-state index is 0.215. The van der Waals surface area contributed by atoms with E-state index < -0.39 is 0 Å². The first kappa shape index (κ1) is 14.6. The van der Waals surface area contributed by atoms with Crippen LogP contribution in [-0.2, 0) is 0 Å². The molecule has 2 fully saturated rings. The Morgan fingerprint density at radius 1 is 1.25 bits per heavy atom. The van der Waals surface area contributed by atoms with E-state index in [1.54, 1.807) is 0 Å². The molecule has 20 heavy (non-hydrogen) atoms. The van der Waals surface area contributed by atoms with E-state index in [1.165, 1.54) is 55.6 Å². The Morgan fingerprint density at radius 2 is 2.00 bits per heavy atom. The van der Waals surface area contributed by atoms with Crippen molar-refractivity contribution in [3.05, 3.63) is 21.9 Å². The number of hydrogen-bond acceptors (Lipinski definition) is 3. The molecule has 2 N–H and O–H groups in total. The van der Waals surface area contributed by atoms with Gasteiger partial charge < -0.3 is 5.73 Å². The van der Waals surface area contributed by atoms with Crippen molar-refractivity contribution in [3.63, 3.8) is 0 Å². The van der Waals surface area contributed by atoms with Crippen molar-refractivity contribution in [3.8, 4) is 0 Å². The van der Waals surface area contributed by atoms with Gasteiger partial charge in [0.25, 0.3) is 0 Å². The zero-order chi connectivity index (χ0) is 14.1. The Kier molecular flexibility index (Phi) is 4.49. The summed E-state index contributed by atoms with van der Waals surface area (Å²) in [6.07, 6.45) is 7.20. The second kappa shape index (κ2) is 6.17. The maximum absolute atomic E-state index is 6.36. The molecule has 1 saturated carbocycles. The molecular formula is C17H28N2S. The quantitative estimate of drug-likeness (QED) is 0.914. The van der Waals surface area contributed by atoms with Gasteiger partial charge in [0.1, 0.15) is 0 Å². The van der Waals surface area contributed by atoms with E-state index >= 15 is 0 Å². The lowest BCUT2D eigenvalue weighted by Crippen LogP contribution is -2.47. The fraction of sp³-hybridized carbons (Fsp3) is 0.765. The number of hydrogen-bond donors (Lipinski definition) is 1. The summed E-state index contributed by atoms with van der Waals surface area (Å²) >= 11 is 1.89. The average molecular weight is 292 g/mol. The van der Waals surface area contributed by atoms with Gasteiger partial charge in [-0.2, -0.15) is 0 Å². The average Bonchev–Trinajstić information content (AvgIpc) is 2.85. The molecule has 0 spiro atoms. The van der Waals surface area contributed by atoms with Crippen LogP contribution in [0.3, 0.4) is 0 Å². The zero-order valence-corrected chi connectivity index (χ0v) is 13.7. The lowest BCUT2D eigenvalue weighted by molar-refractivity contribution is 0.0504.